The van der Waals surface area contributed by atoms with E-state index in [1.165, 1.54) is 18.1 Å². The molecular formula is C18H25N3O3. The number of rotatable bonds is 3. The Balaban J connectivity index is 1.50. The number of fused-ring (bicyclic) bond motifs is 1. The number of aliphatic hydroxyl groups is 1. The first-order chi connectivity index (χ1) is 11.5. The number of β-amino-alcohol motifs (C(OH)–C–C–N with tert-alkyl or cyclic N) is 1. The van der Waals surface area contributed by atoms with E-state index in [1.807, 2.05) is 12.1 Å². The third-order valence-electron chi connectivity index (χ3n) is 4.85. The second-order valence-electron chi connectivity index (χ2n) is 6.69. The van der Waals surface area contributed by atoms with Crippen molar-refractivity contribution >= 4 is 11.8 Å². The quantitative estimate of drug-likeness (QED) is 0.873. The zero-order valence-corrected chi connectivity index (χ0v) is 14.1. The van der Waals surface area contributed by atoms with E-state index in [0.717, 1.165) is 19.6 Å². The average molecular weight is 331 g/mol. The van der Waals surface area contributed by atoms with Crippen molar-refractivity contribution < 1.29 is 14.7 Å². The molecule has 2 amide bonds. The molecule has 3 rings (SSSR count). The van der Waals surface area contributed by atoms with Crippen molar-refractivity contribution in [3.05, 3.63) is 35.4 Å². The van der Waals surface area contributed by atoms with Crippen LogP contribution in [0.15, 0.2) is 24.3 Å². The van der Waals surface area contributed by atoms with Crippen LogP contribution in [0.4, 0.5) is 0 Å². The molecule has 2 aliphatic heterocycles. The van der Waals surface area contributed by atoms with Gasteiger partial charge in [-0.2, -0.15) is 0 Å². The largest absolute Gasteiger partial charge is 0.389 e. The maximum absolute atomic E-state index is 12.5. The molecule has 130 valence electrons. The summed E-state index contributed by atoms with van der Waals surface area (Å²) in [5.41, 5.74) is 2.68. The zero-order valence-electron chi connectivity index (χ0n) is 14.1. The molecule has 0 aliphatic carbocycles. The molecule has 1 fully saturated rings. The fourth-order valence-electron chi connectivity index (χ4n) is 3.48. The van der Waals surface area contributed by atoms with Crippen molar-refractivity contribution in [2.24, 2.45) is 0 Å². The second-order valence-corrected chi connectivity index (χ2v) is 6.69. The van der Waals surface area contributed by atoms with Gasteiger partial charge >= 0.3 is 0 Å². The standard InChI is InChI=1S/C18H25N3O3/c1-14(22)20-8-9-21(13-17(23)12-20)18(24)6-7-19-10-15-4-2-3-5-16(15)11-19/h2-5,17,23H,6-13H2,1H3/t17-/m1/s1. The highest BCUT2D eigenvalue weighted by atomic mass is 16.3. The van der Waals surface area contributed by atoms with E-state index in [0.29, 0.717) is 32.6 Å². The first-order valence-corrected chi connectivity index (χ1v) is 8.53. The van der Waals surface area contributed by atoms with Gasteiger partial charge in [-0.25, -0.2) is 0 Å². The number of aliphatic hydroxyl groups excluding tert-OH is 1. The Hall–Kier alpha value is -1.92. The van der Waals surface area contributed by atoms with Crippen molar-refractivity contribution in [1.29, 1.82) is 0 Å². The molecule has 1 atom stereocenters. The predicted octanol–water partition coefficient (Wildman–Crippen LogP) is 0.444. The molecule has 0 radical (unpaired) electrons. The number of hydrogen-bond acceptors (Lipinski definition) is 4. The molecule has 6 nitrogen and oxygen atoms in total. The Morgan fingerprint density at radius 1 is 1.08 bits per heavy atom. The fourth-order valence-corrected chi connectivity index (χ4v) is 3.48. The van der Waals surface area contributed by atoms with Gasteiger partial charge in [0.25, 0.3) is 0 Å². The minimum absolute atomic E-state index is 0.0513. The van der Waals surface area contributed by atoms with Crippen LogP contribution in [0, 0.1) is 0 Å². The monoisotopic (exact) mass is 331 g/mol. The van der Waals surface area contributed by atoms with Crippen LogP contribution in [0.5, 0.6) is 0 Å². The Kier molecular flexibility index (Phi) is 5.16. The molecule has 0 saturated carbocycles. The van der Waals surface area contributed by atoms with E-state index in [1.54, 1.807) is 9.80 Å². The molecule has 0 unspecified atom stereocenters. The number of benzene rings is 1. The van der Waals surface area contributed by atoms with Crippen molar-refractivity contribution in [2.75, 3.05) is 32.7 Å². The minimum Gasteiger partial charge on any atom is -0.389 e. The van der Waals surface area contributed by atoms with Crippen molar-refractivity contribution in [2.45, 2.75) is 32.5 Å². The van der Waals surface area contributed by atoms with Crippen LogP contribution < -0.4 is 0 Å². The van der Waals surface area contributed by atoms with E-state index in [4.69, 9.17) is 0 Å². The fraction of sp³-hybridized carbons (Fsp3) is 0.556. The van der Waals surface area contributed by atoms with Crippen LogP contribution in [0.2, 0.25) is 0 Å². The summed E-state index contributed by atoms with van der Waals surface area (Å²) < 4.78 is 0. The van der Waals surface area contributed by atoms with E-state index >= 15 is 0 Å². The van der Waals surface area contributed by atoms with Crippen LogP contribution in [-0.4, -0.2) is 70.4 Å². The summed E-state index contributed by atoms with van der Waals surface area (Å²) in [7, 11) is 0. The minimum atomic E-state index is -0.670. The van der Waals surface area contributed by atoms with E-state index in [2.05, 4.69) is 17.0 Å². The lowest BCUT2D eigenvalue weighted by atomic mass is 10.1. The van der Waals surface area contributed by atoms with Gasteiger partial charge in [-0.1, -0.05) is 24.3 Å². The van der Waals surface area contributed by atoms with Gasteiger partial charge < -0.3 is 14.9 Å². The Labute approximate surface area is 142 Å². The molecule has 1 aromatic rings. The average Bonchev–Trinajstić information content (AvgIpc) is 2.86. The molecule has 1 aromatic carbocycles. The van der Waals surface area contributed by atoms with Crippen molar-refractivity contribution in [3.8, 4) is 0 Å². The van der Waals surface area contributed by atoms with Crippen LogP contribution >= 0.6 is 0 Å². The van der Waals surface area contributed by atoms with Gasteiger partial charge in [-0.05, 0) is 11.1 Å². The van der Waals surface area contributed by atoms with Gasteiger partial charge in [0.05, 0.1) is 6.10 Å². The first-order valence-electron chi connectivity index (χ1n) is 8.53. The molecule has 2 aliphatic rings. The summed E-state index contributed by atoms with van der Waals surface area (Å²) in [5.74, 6) is -0.00594. The lowest BCUT2D eigenvalue weighted by molar-refractivity contribution is -0.133. The molecule has 0 aromatic heterocycles. The highest BCUT2D eigenvalue weighted by Gasteiger charge is 2.26. The van der Waals surface area contributed by atoms with Crippen LogP contribution in [0.1, 0.15) is 24.5 Å². The first kappa shape index (κ1) is 16.9. The van der Waals surface area contributed by atoms with Crippen LogP contribution in [0.3, 0.4) is 0 Å². The predicted molar refractivity (Wildman–Crippen MR) is 90.0 cm³/mol. The molecule has 0 spiro atoms. The third-order valence-corrected chi connectivity index (χ3v) is 4.85. The molecule has 24 heavy (non-hydrogen) atoms. The summed E-state index contributed by atoms with van der Waals surface area (Å²) in [4.78, 5) is 29.5. The zero-order chi connectivity index (χ0) is 17.1. The van der Waals surface area contributed by atoms with Crippen molar-refractivity contribution in [3.63, 3.8) is 0 Å². The Morgan fingerprint density at radius 2 is 1.67 bits per heavy atom. The molecule has 1 N–H and O–H groups in total. The van der Waals surface area contributed by atoms with E-state index in [9.17, 15) is 14.7 Å². The molecule has 2 heterocycles. The topological polar surface area (TPSA) is 64.1 Å². The Morgan fingerprint density at radius 3 is 2.29 bits per heavy atom. The summed E-state index contributed by atoms with van der Waals surface area (Å²) in [6.45, 7) is 5.60. The second kappa shape index (κ2) is 7.32. The molecular weight excluding hydrogens is 306 g/mol. The van der Waals surface area contributed by atoms with Gasteiger partial charge in [-0.15, -0.1) is 0 Å². The number of carbonyl (C=O) groups excluding carboxylic acids is 2. The van der Waals surface area contributed by atoms with E-state index in [-0.39, 0.29) is 11.8 Å². The van der Waals surface area contributed by atoms with Gasteiger partial charge in [0.1, 0.15) is 0 Å². The van der Waals surface area contributed by atoms with Gasteiger partial charge in [0.15, 0.2) is 0 Å². The molecule has 6 heteroatoms. The summed E-state index contributed by atoms with van der Waals surface area (Å²) in [6, 6.07) is 8.37. The molecule has 0 bridgehead atoms. The number of hydrogen-bond donors (Lipinski definition) is 1. The van der Waals surface area contributed by atoms with Gasteiger partial charge in [-0.3, -0.25) is 14.5 Å². The maximum Gasteiger partial charge on any atom is 0.224 e. The van der Waals surface area contributed by atoms with Crippen LogP contribution in [-0.2, 0) is 22.7 Å². The number of nitrogens with zero attached hydrogens (tertiary/aromatic N) is 3. The SMILES string of the molecule is CC(=O)N1CCN(C(=O)CCN2Cc3ccccc3C2)C[C@H](O)C1. The number of amides is 2. The number of carbonyl (C=O) groups is 2. The summed E-state index contributed by atoms with van der Waals surface area (Å²) in [6.07, 6.45) is -0.225. The van der Waals surface area contributed by atoms with Crippen LogP contribution in [0.25, 0.3) is 0 Å². The van der Waals surface area contributed by atoms with Gasteiger partial charge in [0.2, 0.25) is 11.8 Å². The lowest BCUT2D eigenvalue weighted by Gasteiger charge is -2.23. The van der Waals surface area contributed by atoms with Gasteiger partial charge in [0, 0.05) is 59.2 Å². The van der Waals surface area contributed by atoms with Crippen molar-refractivity contribution in [1.82, 2.24) is 14.7 Å². The van der Waals surface area contributed by atoms with E-state index < -0.39 is 6.10 Å². The third kappa shape index (κ3) is 3.94. The Bertz CT molecular complexity index is 594. The maximum atomic E-state index is 12.5. The summed E-state index contributed by atoms with van der Waals surface area (Å²) >= 11 is 0. The highest BCUT2D eigenvalue weighted by molar-refractivity contribution is 5.77. The summed E-state index contributed by atoms with van der Waals surface area (Å²) in [5, 5.41) is 10.0. The molecule has 1 saturated heterocycles. The smallest absolute Gasteiger partial charge is 0.224 e. The highest BCUT2D eigenvalue weighted by Crippen LogP contribution is 2.22. The normalized spacial score (nSPS) is 21.5. The lowest BCUT2D eigenvalue weighted by Crippen LogP contribution is -2.39.